The van der Waals surface area contributed by atoms with E-state index in [0.717, 1.165) is 55.3 Å². The Hall–Kier alpha value is -4.12. The van der Waals surface area contributed by atoms with Gasteiger partial charge in [-0.2, -0.15) is 4.90 Å². The Kier molecular flexibility index (Phi) is 9.09. The van der Waals surface area contributed by atoms with Crippen LogP contribution in [0.5, 0.6) is 0 Å². The largest absolute Gasteiger partial charge is 0.779 e. The fraction of sp³-hybridized carbons (Fsp3) is 0.205. The number of aromatic carboxylic acids is 1. The van der Waals surface area contributed by atoms with E-state index < -0.39 is 5.97 Å². The number of para-hydroxylation sites is 2. The first-order chi connectivity index (χ1) is 21.3. The van der Waals surface area contributed by atoms with Crippen molar-refractivity contribution in [2.24, 2.45) is 0 Å². The maximum Gasteiger partial charge on any atom is 0.354 e. The van der Waals surface area contributed by atoms with E-state index in [2.05, 4.69) is 93.6 Å². The molecule has 0 atom stereocenters. The zero-order chi connectivity index (χ0) is 32.1. The van der Waals surface area contributed by atoms with Crippen LogP contribution < -0.4 is 0 Å². The van der Waals surface area contributed by atoms with Crippen LogP contribution in [-0.4, -0.2) is 25.6 Å². The summed E-state index contributed by atoms with van der Waals surface area (Å²) in [5, 5.41) is 9.67. The molecule has 0 aliphatic rings. The molecule has 6 rings (SSSR count). The maximum absolute atomic E-state index is 11.8. The second-order valence-electron chi connectivity index (χ2n) is 13.4. The van der Waals surface area contributed by atoms with E-state index in [1.165, 1.54) is 11.6 Å². The van der Waals surface area contributed by atoms with Crippen LogP contribution in [0.4, 0.5) is 0 Å². The van der Waals surface area contributed by atoms with Gasteiger partial charge >= 0.3 is 5.97 Å². The number of aromatic nitrogens is 3. The summed E-state index contributed by atoms with van der Waals surface area (Å²) in [5.74, 6) is -0.340. The minimum atomic E-state index is -1.07. The summed E-state index contributed by atoms with van der Waals surface area (Å²) in [6, 6.07) is 34.1. The van der Waals surface area contributed by atoms with Gasteiger partial charge in [0.25, 0.3) is 0 Å². The third-order valence-corrected chi connectivity index (χ3v) is 8.60. The summed E-state index contributed by atoms with van der Waals surface area (Å²) in [7, 11) is 0. The standard InChI is InChI=1S/C39H37N3O2S.Pt/c1-38(2,3)25-22-28(35(45)29(23-25)39(4,5)6)36-41-34-27(30-18-13-19-31(40-30)37(43)44)17-12-21-33(34)42(36)32-20-11-10-16-26(32)24-14-8-7-9-15-24;/h7-23,45H,1-6H3,(H,43,44);/p-1. The molecule has 46 heavy (non-hydrogen) atoms. The summed E-state index contributed by atoms with van der Waals surface area (Å²) in [5.41, 5.74) is 8.87. The average Bonchev–Trinajstić information content (AvgIpc) is 3.40. The van der Waals surface area contributed by atoms with E-state index in [9.17, 15) is 9.90 Å². The van der Waals surface area contributed by atoms with Crippen LogP contribution in [0, 0.1) is 0 Å². The summed E-state index contributed by atoms with van der Waals surface area (Å²) in [4.78, 5) is 22.4. The van der Waals surface area contributed by atoms with Crippen LogP contribution in [0.15, 0.2) is 108 Å². The summed E-state index contributed by atoms with van der Waals surface area (Å²) in [6.45, 7) is 13.2. The van der Waals surface area contributed by atoms with Gasteiger partial charge in [-0.05, 0) is 57.9 Å². The molecule has 0 saturated carbocycles. The van der Waals surface area contributed by atoms with Gasteiger partial charge in [-0.3, -0.25) is 4.57 Å². The quantitative estimate of drug-likeness (QED) is 0.176. The normalized spacial score (nSPS) is 11.8. The fourth-order valence-electron chi connectivity index (χ4n) is 5.75. The molecular weight excluding hydrogens is 770 g/mol. The predicted octanol–water partition coefficient (Wildman–Crippen LogP) is 9.62. The molecule has 0 aliphatic carbocycles. The zero-order valence-electron chi connectivity index (χ0n) is 26.7. The molecule has 0 unspecified atom stereocenters. The third-order valence-electron chi connectivity index (χ3n) is 8.16. The number of pyridine rings is 1. The Morgan fingerprint density at radius 3 is 2.04 bits per heavy atom. The number of nitrogens with zero attached hydrogens (tertiary/aromatic N) is 3. The number of hydrogen-bond acceptors (Lipinski definition) is 4. The van der Waals surface area contributed by atoms with Crippen molar-refractivity contribution in [1.82, 2.24) is 14.5 Å². The van der Waals surface area contributed by atoms with E-state index in [4.69, 9.17) is 17.6 Å². The number of carboxylic acids is 1. The van der Waals surface area contributed by atoms with Crippen LogP contribution in [0.25, 0.3) is 50.5 Å². The Labute approximate surface area is 290 Å². The van der Waals surface area contributed by atoms with E-state index in [-0.39, 0.29) is 37.6 Å². The van der Waals surface area contributed by atoms with Crippen molar-refractivity contribution in [1.29, 1.82) is 0 Å². The predicted molar refractivity (Wildman–Crippen MR) is 185 cm³/mol. The van der Waals surface area contributed by atoms with Crippen molar-refractivity contribution >= 4 is 29.6 Å². The smallest absolute Gasteiger partial charge is 0.354 e. The minimum Gasteiger partial charge on any atom is -0.779 e. The number of carboxylic acid groups (broad SMARTS) is 1. The minimum absolute atomic E-state index is 0. The fourth-order valence-corrected chi connectivity index (χ4v) is 6.27. The number of imidazole rings is 1. The first kappa shape index (κ1) is 33.2. The van der Waals surface area contributed by atoms with Crippen molar-refractivity contribution in [2.75, 3.05) is 0 Å². The molecule has 2 aromatic heterocycles. The number of hydrogen-bond donors (Lipinski definition) is 1. The number of benzene rings is 4. The van der Waals surface area contributed by atoms with Gasteiger partial charge in [-0.15, -0.1) is 0 Å². The van der Waals surface area contributed by atoms with Gasteiger partial charge in [0.15, 0.2) is 0 Å². The zero-order valence-corrected chi connectivity index (χ0v) is 29.8. The number of fused-ring (bicyclic) bond motifs is 1. The molecule has 7 heteroatoms. The Morgan fingerprint density at radius 1 is 0.717 bits per heavy atom. The molecule has 5 nitrogen and oxygen atoms in total. The SMILES string of the molecule is CC(C)(C)c1cc(-c2nc3c(-c4cccc(C(=O)O)n4)cccc3n2-c2ccccc2-c2ccccc2)c([S-])c(C(C)(C)C)c1.[Pt]. The maximum atomic E-state index is 11.8. The molecule has 0 amide bonds. The first-order valence-electron chi connectivity index (χ1n) is 15.1. The number of carbonyl (C=O) groups is 1. The van der Waals surface area contributed by atoms with Crippen molar-refractivity contribution in [3.05, 3.63) is 120 Å². The molecule has 0 fully saturated rings. The molecule has 1 N–H and O–H groups in total. The second kappa shape index (κ2) is 12.6. The number of rotatable bonds is 5. The third kappa shape index (κ3) is 6.17. The first-order valence-corrected chi connectivity index (χ1v) is 15.5. The van der Waals surface area contributed by atoms with Gasteiger partial charge in [-0.1, -0.05) is 120 Å². The average molecular weight is 806 g/mol. The topological polar surface area (TPSA) is 68.0 Å². The molecular formula is C39H36N3O2PtS-. The van der Waals surface area contributed by atoms with E-state index in [1.807, 2.05) is 48.5 Å². The van der Waals surface area contributed by atoms with Crippen LogP contribution in [0.2, 0.25) is 0 Å². The van der Waals surface area contributed by atoms with Gasteiger partial charge < -0.3 is 17.7 Å². The van der Waals surface area contributed by atoms with Gasteiger partial charge in [-0.25, -0.2) is 14.8 Å². The molecule has 2 heterocycles. The van der Waals surface area contributed by atoms with Crippen LogP contribution in [0.1, 0.15) is 63.2 Å². The Bertz CT molecular complexity index is 2070. The molecule has 0 bridgehead atoms. The van der Waals surface area contributed by atoms with Crippen molar-refractivity contribution in [3.63, 3.8) is 0 Å². The van der Waals surface area contributed by atoms with Crippen LogP contribution >= 0.6 is 0 Å². The van der Waals surface area contributed by atoms with Gasteiger partial charge in [0.05, 0.1) is 22.4 Å². The van der Waals surface area contributed by atoms with E-state index in [0.29, 0.717) is 5.69 Å². The van der Waals surface area contributed by atoms with Gasteiger partial charge in [0.1, 0.15) is 11.5 Å². The van der Waals surface area contributed by atoms with Crippen LogP contribution in [0.3, 0.4) is 0 Å². The van der Waals surface area contributed by atoms with E-state index in [1.54, 1.807) is 6.07 Å². The molecule has 0 aliphatic heterocycles. The molecule has 0 spiro atoms. The second-order valence-corrected chi connectivity index (χ2v) is 13.8. The molecule has 6 aromatic rings. The van der Waals surface area contributed by atoms with Gasteiger partial charge in [0.2, 0.25) is 0 Å². The Morgan fingerprint density at radius 2 is 1.37 bits per heavy atom. The molecule has 236 valence electrons. The van der Waals surface area contributed by atoms with Crippen LogP contribution in [-0.2, 0) is 44.5 Å². The summed E-state index contributed by atoms with van der Waals surface area (Å²) >= 11 is 6.29. The summed E-state index contributed by atoms with van der Waals surface area (Å²) < 4.78 is 2.20. The van der Waals surface area contributed by atoms with Crippen molar-refractivity contribution < 1.29 is 31.0 Å². The van der Waals surface area contributed by atoms with E-state index >= 15 is 0 Å². The monoisotopic (exact) mass is 805 g/mol. The molecule has 4 aromatic carbocycles. The summed E-state index contributed by atoms with van der Waals surface area (Å²) in [6.07, 6.45) is 0. The Balaban J connectivity index is 0.00000417. The molecule has 0 radical (unpaired) electrons. The van der Waals surface area contributed by atoms with Crippen molar-refractivity contribution in [2.45, 2.75) is 57.3 Å². The molecule has 0 saturated heterocycles. The van der Waals surface area contributed by atoms with Crippen molar-refractivity contribution in [3.8, 4) is 39.5 Å². The van der Waals surface area contributed by atoms with Gasteiger partial charge in [0, 0.05) is 32.2 Å².